The normalized spacial score (nSPS) is 15.0. The van der Waals surface area contributed by atoms with E-state index >= 15 is 0 Å². The molecule has 2 bridgehead atoms. The van der Waals surface area contributed by atoms with Gasteiger partial charge in [-0.1, -0.05) is 12.1 Å². The second-order valence-electron chi connectivity index (χ2n) is 4.52. The van der Waals surface area contributed by atoms with E-state index in [-0.39, 0.29) is 24.8 Å². The molecular weight excluding hydrogens is 313 g/mol. The zero-order valence-electron chi connectivity index (χ0n) is 10.9. The Labute approximate surface area is 134 Å². The lowest BCUT2D eigenvalue weighted by Gasteiger charge is -2.36. The number of fused-ring (bicyclic) bond motifs is 3. The van der Waals surface area contributed by atoms with E-state index in [1.165, 1.54) is 0 Å². The summed E-state index contributed by atoms with van der Waals surface area (Å²) in [7, 11) is 0. The maximum Gasteiger partial charge on any atom is 0.331 e. The molecule has 5 nitrogen and oxygen atoms in total. The second kappa shape index (κ2) is 6.11. The molecule has 4 rings (SSSR count). The van der Waals surface area contributed by atoms with E-state index in [0.717, 1.165) is 11.3 Å². The average Bonchev–Trinajstić information content (AvgIpc) is 2.39. The lowest BCUT2D eigenvalue weighted by Crippen LogP contribution is -2.33. The van der Waals surface area contributed by atoms with E-state index in [9.17, 15) is 9.90 Å². The van der Waals surface area contributed by atoms with Gasteiger partial charge in [0.05, 0.1) is 11.4 Å². The van der Waals surface area contributed by atoms with Gasteiger partial charge in [-0.2, -0.15) is 0 Å². The molecule has 0 amide bonds. The van der Waals surface area contributed by atoms with Crippen LogP contribution in [0.4, 0.5) is 22.7 Å². The van der Waals surface area contributed by atoms with Crippen LogP contribution in [-0.2, 0) is 4.79 Å². The number of carbonyl (C=O) groups is 1. The molecule has 2 aromatic rings. The highest BCUT2D eigenvalue weighted by Gasteiger charge is 2.33. The number of carboxylic acid groups (broad SMARTS) is 1. The third kappa shape index (κ3) is 2.70. The van der Waals surface area contributed by atoms with Gasteiger partial charge in [-0.05, 0) is 35.9 Å². The summed E-state index contributed by atoms with van der Waals surface area (Å²) in [4.78, 5) is 13.2. The second-order valence-corrected chi connectivity index (χ2v) is 4.52. The largest absolute Gasteiger partial charge is 0.479 e. The Morgan fingerprint density at radius 3 is 2.19 bits per heavy atom. The van der Waals surface area contributed by atoms with Crippen LogP contribution in [0.15, 0.2) is 42.5 Å². The molecule has 2 aromatic carbocycles. The highest BCUT2D eigenvalue weighted by molar-refractivity contribution is 5.89. The Bertz CT molecular complexity index is 662. The van der Waals surface area contributed by atoms with Gasteiger partial charge in [0.15, 0.2) is 6.04 Å². The Morgan fingerprint density at radius 2 is 1.67 bits per heavy atom. The summed E-state index contributed by atoms with van der Waals surface area (Å²) in [6, 6.07) is 11.7. The minimum Gasteiger partial charge on any atom is -0.479 e. The zero-order valence-corrected chi connectivity index (χ0v) is 12.5. The van der Waals surface area contributed by atoms with Crippen molar-refractivity contribution < 1.29 is 9.90 Å². The molecule has 0 saturated carbocycles. The number of nitrogen functional groups attached to an aromatic ring is 2. The fourth-order valence-corrected chi connectivity index (χ4v) is 2.44. The standard InChI is InChI=1S/C14H13N3O2.2ClH/c15-9-3-6-12(11(16)7-9)17-10-4-1-8(2-5-10)13(17)14(18)19;;/h1-7,13H,15-16H2,(H,18,19);2*1H. The van der Waals surface area contributed by atoms with Crippen molar-refractivity contribution in [3.63, 3.8) is 0 Å². The monoisotopic (exact) mass is 327 g/mol. The number of anilines is 4. The van der Waals surface area contributed by atoms with Crippen LogP contribution in [0, 0.1) is 0 Å². The topological polar surface area (TPSA) is 92.6 Å². The van der Waals surface area contributed by atoms with Crippen LogP contribution in [-0.4, -0.2) is 11.1 Å². The summed E-state index contributed by atoms with van der Waals surface area (Å²) in [5.74, 6) is -0.905. The molecule has 0 aliphatic carbocycles. The molecule has 21 heavy (non-hydrogen) atoms. The first-order valence-electron chi connectivity index (χ1n) is 5.85. The molecule has 0 radical (unpaired) electrons. The minimum absolute atomic E-state index is 0. The van der Waals surface area contributed by atoms with E-state index in [2.05, 4.69) is 0 Å². The Morgan fingerprint density at radius 1 is 1.05 bits per heavy atom. The molecule has 7 heteroatoms. The number of hydrogen-bond acceptors (Lipinski definition) is 4. The summed E-state index contributed by atoms with van der Waals surface area (Å²) in [5.41, 5.74) is 14.8. The van der Waals surface area contributed by atoms with Gasteiger partial charge in [-0.3, -0.25) is 0 Å². The number of hydrogen-bond donors (Lipinski definition) is 3. The molecule has 0 aromatic heterocycles. The predicted octanol–water partition coefficient (Wildman–Crippen LogP) is 2.97. The maximum absolute atomic E-state index is 11.5. The Hall–Kier alpha value is -2.11. The molecule has 2 heterocycles. The highest BCUT2D eigenvalue weighted by atomic mass is 35.5. The summed E-state index contributed by atoms with van der Waals surface area (Å²) in [6.45, 7) is 0. The number of halogens is 2. The fraction of sp³-hybridized carbons (Fsp3) is 0.0714. The molecule has 0 saturated heterocycles. The minimum atomic E-state index is -0.905. The maximum atomic E-state index is 11.5. The van der Waals surface area contributed by atoms with E-state index < -0.39 is 12.0 Å². The van der Waals surface area contributed by atoms with Crippen molar-refractivity contribution in [2.24, 2.45) is 0 Å². The summed E-state index contributed by atoms with van der Waals surface area (Å²) >= 11 is 0. The third-order valence-corrected chi connectivity index (χ3v) is 3.29. The van der Waals surface area contributed by atoms with Crippen molar-refractivity contribution in [3.05, 3.63) is 48.0 Å². The number of rotatable bonds is 2. The van der Waals surface area contributed by atoms with Crippen molar-refractivity contribution in [1.82, 2.24) is 0 Å². The van der Waals surface area contributed by atoms with Crippen molar-refractivity contribution in [2.75, 3.05) is 16.4 Å². The van der Waals surface area contributed by atoms with Gasteiger partial charge in [0, 0.05) is 11.4 Å². The van der Waals surface area contributed by atoms with Crippen molar-refractivity contribution >= 4 is 53.5 Å². The lowest BCUT2D eigenvalue weighted by molar-refractivity contribution is -0.138. The quantitative estimate of drug-likeness (QED) is 0.737. The van der Waals surface area contributed by atoms with E-state index in [4.69, 9.17) is 11.5 Å². The first kappa shape index (κ1) is 16.9. The lowest BCUT2D eigenvalue weighted by atomic mass is 9.97. The van der Waals surface area contributed by atoms with Crippen molar-refractivity contribution in [1.29, 1.82) is 0 Å². The van der Waals surface area contributed by atoms with Crippen LogP contribution < -0.4 is 16.4 Å². The van der Waals surface area contributed by atoms with E-state index in [0.29, 0.717) is 17.1 Å². The number of benzene rings is 2. The first-order valence-corrected chi connectivity index (χ1v) is 5.85. The van der Waals surface area contributed by atoms with Crippen molar-refractivity contribution in [3.8, 4) is 0 Å². The number of nitrogens with two attached hydrogens (primary N) is 2. The van der Waals surface area contributed by atoms with Crippen molar-refractivity contribution in [2.45, 2.75) is 6.04 Å². The molecule has 0 fully saturated rings. The van der Waals surface area contributed by atoms with E-state index in [1.54, 1.807) is 23.1 Å². The van der Waals surface area contributed by atoms with Gasteiger partial charge < -0.3 is 21.5 Å². The van der Waals surface area contributed by atoms with Crippen LogP contribution in [0.2, 0.25) is 0 Å². The SMILES string of the molecule is Cl.Cl.Nc1ccc(N2c3ccc(cc3)C2C(=O)O)c(N)c1. The number of nitrogens with zero attached hydrogens (tertiary/aromatic N) is 1. The van der Waals surface area contributed by atoms with Gasteiger partial charge in [-0.25, -0.2) is 4.79 Å². The van der Waals surface area contributed by atoms with Gasteiger partial charge in [-0.15, -0.1) is 24.8 Å². The van der Waals surface area contributed by atoms with Gasteiger partial charge in [0.1, 0.15) is 0 Å². The molecule has 2 aliphatic rings. The summed E-state index contributed by atoms with van der Waals surface area (Å²) in [6.07, 6.45) is 0. The number of carboxylic acids is 1. The van der Waals surface area contributed by atoms with Crippen LogP contribution in [0.3, 0.4) is 0 Å². The Kier molecular flexibility index (Phi) is 4.93. The fourth-order valence-electron chi connectivity index (χ4n) is 2.44. The average molecular weight is 328 g/mol. The third-order valence-electron chi connectivity index (χ3n) is 3.29. The van der Waals surface area contributed by atoms with Crippen LogP contribution >= 0.6 is 24.8 Å². The predicted molar refractivity (Wildman–Crippen MR) is 88.7 cm³/mol. The summed E-state index contributed by atoms with van der Waals surface area (Å²) < 4.78 is 0. The molecule has 0 spiro atoms. The Balaban J connectivity index is 0.00000110. The molecule has 1 atom stereocenters. The van der Waals surface area contributed by atoms with Crippen LogP contribution in [0.1, 0.15) is 11.6 Å². The molecule has 2 aliphatic heterocycles. The highest BCUT2D eigenvalue weighted by Crippen LogP contribution is 2.42. The summed E-state index contributed by atoms with van der Waals surface area (Å²) in [5, 5.41) is 9.43. The molecule has 112 valence electrons. The molecular formula is C14H15Cl2N3O2. The molecule has 5 N–H and O–H groups in total. The zero-order chi connectivity index (χ0) is 13.6. The molecule has 1 unspecified atom stereocenters. The van der Waals surface area contributed by atoms with Crippen LogP contribution in [0.5, 0.6) is 0 Å². The number of aliphatic carboxylic acids is 1. The smallest absolute Gasteiger partial charge is 0.331 e. The van der Waals surface area contributed by atoms with E-state index in [1.807, 2.05) is 24.3 Å². The van der Waals surface area contributed by atoms with Gasteiger partial charge >= 0.3 is 5.97 Å². The van der Waals surface area contributed by atoms with Crippen LogP contribution in [0.25, 0.3) is 0 Å². The first-order chi connectivity index (χ1) is 9.08. The van der Waals surface area contributed by atoms with Gasteiger partial charge in [0.25, 0.3) is 0 Å². The van der Waals surface area contributed by atoms with Gasteiger partial charge in [0.2, 0.25) is 0 Å².